The number of carbonyl (C=O) groups excluding carboxylic acids is 1. The summed E-state index contributed by atoms with van der Waals surface area (Å²) in [5.41, 5.74) is 0.284. The molecule has 2 atom stereocenters. The lowest BCUT2D eigenvalue weighted by Crippen LogP contribution is -2.46. The van der Waals surface area contributed by atoms with E-state index in [9.17, 15) is 9.59 Å². The Bertz CT molecular complexity index is 524. The molecule has 0 N–H and O–H groups in total. The zero-order chi connectivity index (χ0) is 14.0. The van der Waals surface area contributed by atoms with Gasteiger partial charge in [-0.25, -0.2) is 0 Å². The monoisotopic (exact) mass is 264 g/mol. The molecular formula is C14H20N2O3. The fourth-order valence-corrected chi connectivity index (χ4v) is 2.39. The minimum atomic E-state index is -0.167. The molecule has 1 aromatic heterocycles. The standard InChI is InChI=1S/C14H20N2O3/c1-10-4-7-16(9-12(10)19-3)14(18)11-5-6-15(2)13(17)8-11/h5-6,8,10,12H,4,7,9H2,1-3H3. The molecule has 2 unspecified atom stereocenters. The molecule has 104 valence electrons. The van der Waals surface area contributed by atoms with Crippen LogP contribution >= 0.6 is 0 Å². The molecular weight excluding hydrogens is 244 g/mol. The van der Waals surface area contributed by atoms with E-state index in [1.54, 1.807) is 31.3 Å². The maximum Gasteiger partial charge on any atom is 0.254 e. The van der Waals surface area contributed by atoms with Crippen molar-refractivity contribution in [1.82, 2.24) is 9.47 Å². The van der Waals surface area contributed by atoms with Crippen LogP contribution < -0.4 is 5.56 Å². The predicted molar refractivity (Wildman–Crippen MR) is 72.2 cm³/mol. The number of aromatic nitrogens is 1. The minimum Gasteiger partial charge on any atom is -0.379 e. The molecule has 1 saturated heterocycles. The SMILES string of the molecule is COC1CN(C(=O)c2ccn(C)c(=O)c2)CCC1C. The number of rotatable bonds is 2. The molecule has 1 aromatic rings. The first-order chi connectivity index (χ1) is 9.02. The van der Waals surface area contributed by atoms with Crippen molar-refractivity contribution in [1.29, 1.82) is 0 Å². The van der Waals surface area contributed by atoms with E-state index in [-0.39, 0.29) is 17.6 Å². The van der Waals surface area contributed by atoms with Crippen LogP contribution in [0.2, 0.25) is 0 Å². The van der Waals surface area contributed by atoms with Crippen LogP contribution in [0.3, 0.4) is 0 Å². The first-order valence-electron chi connectivity index (χ1n) is 6.51. The second-order valence-electron chi connectivity index (χ2n) is 5.16. The molecule has 1 fully saturated rings. The van der Waals surface area contributed by atoms with Crippen LogP contribution in [-0.2, 0) is 11.8 Å². The van der Waals surface area contributed by atoms with Crippen molar-refractivity contribution < 1.29 is 9.53 Å². The highest BCUT2D eigenvalue weighted by atomic mass is 16.5. The Balaban J connectivity index is 2.15. The molecule has 0 aliphatic carbocycles. The molecule has 1 amide bonds. The minimum absolute atomic E-state index is 0.0734. The third-order valence-electron chi connectivity index (χ3n) is 3.83. The molecule has 0 bridgehead atoms. The zero-order valence-corrected chi connectivity index (χ0v) is 11.6. The van der Waals surface area contributed by atoms with Gasteiger partial charge in [-0.2, -0.15) is 0 Å². The Morgan fingerprint density at radius 3 is 2.84 bits per heavy atom. The van der Waals surface area contributed by atoms with E-state index in [1.807, 2.05) is 0 Å². The molecule has 5 heteroatoms. The molecule has 5 nitrogen and oxygen atoms in total. The van der Waals surface area contributed by atoms with Gasteiger partial charge >= 0.3 is 0 Å². The van der Waals surface area contributed by atoms with Gasteiger partial charge < -0.3 is 14.2 Å². The second-order valence-corrected chi connectivity index (χ2v) is 5.16. The Kier molecular flexibility index (Phi) is 4.04. The molecule has 0 spiro atoms. The van der Waals surface area contributed by atoms with E-state index in [1.165, 1.54) is 10.6 Å². The number of pyridine rings is 1. The largest absolute Gasteiger partial charge is 0.379 e. The van der Waals surface area contributed by atoms with Crippen LogP contribution in [0, 0.1) is 5.92 Å². The van der Waals surface area contributed by atoms with Crippen molar-refractivity contribution >= 4 is 5.91 Å². The molecule has 2 heterocycles. The predicted octanol–water partition coefficient (Wildman–Crippen LogP) is 0.882. The summed E-state index contributed by atoms with van der Waals surface area (Å²) in [4.78, 5) is 25.7. The summed E-state index contributed by atoms with van der Waals surface area (Å²) < 4.78 is 6.85. The lowest BCUT2D eigenvalue weighted by atomic mass is 9.95. The highest BCUT2D eigenvalue weighted by Gasteiger charge is 2.29. The van der Waals surface area contributed by atoms with Crippen molar-refractivity contribution in [3.63, 3.8) is 0 Å². The van der Waals surface area contributed by atoms with Gasteiger partial charge in [-0.05, 0) is 18.4 Å². The number of methoxy groups -OCH3 is 1. The summed E-state index contributed by atoms with van der Waals surface area (Å²) in [5, 5.41) is 0. The van der Waals surface area contributed by atoms with Crippen molar-refractivity contribution in [2.75, 3.05) is 20.2 Å². The first kappa shape index (κ1) is 13.8. The molecule has 0 saturated carbocycles. The van der Waals surface area contributed by atoms with Crippen LogP contribution in [0.4, 0.5) is 0 Å². The van der Waals surface area contributed by atoms with Gasteiger partial charge in [0.05, 0.1) is 6.10 Å². The summed E-state index contributed by atoms with van der Waals surface area (Å²) in [7, 11) is 3.34. The fourth-order valence-electron chi connectivity index (χ4n) is 2.39. The van der Waals surface area contributed by atoms with E-state index in [4.69, 9.17) is 4.74 Å². The van der Waals surface area contributed by atoms with Crippen LogP contribution in [0.25, 0.3) is 0 Å². The molecule has 0 radical (unpaired) electrons. The Morgan fingerprint density at radius 1 is 1.47 bits per heavy atom. The van der Waals surface area contributed by atoms with E-state index in [2.05, 4.69) is 6.92 Å². The number of amides is 1. The number of ether oxygens (including phenoxy) is 1. The fraction of sp³-hybridized carbons (Fsp3) is 0.571. The van der Waals surface area contributed by atoms with Gasteiger partial charge in [0.15, 0.2) is 0 Å². The smallest absolute Gasteiger partial charge is 0.254 e. The van der Waals surface area contributed by atoms with Gasteiger partial charge in [-0.1, -0.05) is 6.92 Å². The lowest BCUT2D eigenvalue weighted by Gasteiger charge is -2.36. The summed E-state index contributed by atoms with van der Waals surface area (Å²) in [6, 6.07) is 3.08. The van der Waals surface area contributed by atoms with E-state index >= 15 is 0 Å². The molecule has 19 heavy (non-hydrogen) atoms. The maximum absolute atomic E-state index is 12.4. The molecule has 0 aromatic carbocycles. The third-order valence-corrected chi connectivity index (χ3v) is 3.83. The van der Waals surface area contributed by atoms with Gasteiger partial charge in [0.1, 0.15) is 0 Å². The third kappa shape index (κ3) is 2.87. The van der Waals surface area contributed by atoms with Gasteiger partial charge in [0.2, 0.25) is 0 Å². The summed E-state index contributed by atoms with van der Waals surface area (Å²) in [6.07, 6.45) is 2.62. The van der Waals surface area contributed by atoms with Crippen molar-refractivity contribution in [2.24, 2.45) is 13.0 Å². The summed E-state index contributed by atoms with van der Waals surface area (Å²) in [6.45, 7) is 3.44. The number of hydrogen-bond donors (Lipinski definition) is 0. The average Bonchev–Trinajstić information content (AvgIpc) is 2.41. The number of likely N-dealkylation sites (tertiary alicyclic amines) is 1. The number of hydrogen-bond acceptors (Lipinski definition) is 3. The number of piperidine rings is 1. The highest BCUT2D eigenvalue weighted by molar-refractivity contribution is 5.94. The lowest BCUT2D eigenvalue weighted by molar-refractivity contribution is -0.00157. The maximum atomic E-state index is 12.4. The Hall–Kier alpha value is -1.62. The molecule has 2 rings (SSSR count). The van der Waals surface area contributed by atoms with Crippen LogP contribution in [0.15, 0.2) is 23.1 Å². The van der Waals surface area contributed by atoms with Gasteiger partial charge in [0.25, 0.3) is 11.5 Å². The second kappa shape index (κ2) is 5.57. The Labute approximate surface area is 112 Å². The van der Waals surface area contributed by atoms with E-state index in [0.717, 1.165) is 13.0 Å². The van der Waals surface area contributed by atoms with Crippen molar-refractivity contribution in [2.45, 2.75) is 19.4 Å². The topological polar surface area (TPSA) is 51.5 Å². The van der Waals surface area contributed by atoms with Gasteiger partial charge in [-0.3, -0.25) is 9.59 Å². The van der Waals surface area contributed by atoms with Gasteiger partial charge in [-0.15, -0.1) is 0 Å². The number of aryl methyl sites for hydroxylation is 1. The summed E-state index contributed by atoms with van der Waals surface area (Å²) >= 11 is 0. The number of carbonyl (C=O) groups is 1. The van der Waals surface area contributed by atoms with Crippen molar-refractivity contribution in [3.05, 3.63) is 34.2 Å². The van der Waals surface area contributed by atoms with Crippen molar-refractivity contribution in [3.8, 4) is 0 Å². The van der Waals surface area contributed by atoms with Crippen LogP contribution in [0.1, 0.15) is 23.7 Å². The molecule has 1 aliphatic rings. The van der Waals surface area contributed by atoms with E-state index < -0.39 is 0 Å². The van der Waals surface area contributed by atoms with E-state index in [0.29, 0.717) is 18.0 Å². The van der Waals surface area contributed by atoms with Crippen LogP contribution in [0.5, 0.6) is 0 Å². The molecule has 1 aliphatic heterocycles. The highest BCUT2D eigenvalue weighted by Crippen LogP contribution is 2.20. The summed E-state index contributed by atoms with van der Waals surface area (Å²) in [5.74, 6) is 0.365. The van der Waals surface area contributed by atoms with Crippen LogP contribution in [-0.4, -0.2) is 41.7 Å². The average molecular weight is 264 g/mol. The Morgan fingerprint density at radius 2 is 2.21 bits per heavy atom. The first-order valence-corrected chi connectivity index (χ1v) is 6.51. The van der Waals surface area contributed by atoms with Gasteiger partial charge in [0, 0.05) is 45.1 Å². The zero-order valence-electron chi connectivity index (χ0n) is 11.6. The number of nitrogens with zero attached hydrogens (tertiary/aromatic N) is 2. The quantitative estimate of drug-likeness (QED) is 0.797. The normalized spacial score (nSPS) is 23.4.